The Morgan fingerprint density at radius 2 is 1.00 bits per heavy atom. The zero-order valence-corrected chi connectivity index (χ0v) is 35.5. The fourth-order valence-electron chi connectivity index (χ4n) is 11.2. The van der Waals surface area contributed by atoms with Crippen LogP contribution in [0, 0.1) is 5.41 Å². The van der Waals surface area contributed by atoms with Gasteiger partial charge in [0.25, 0.3) is 0 Å². The Bertz CT molecular complexity index is 3810. The third-order valence-electron chi connectivity index (χ3n) is 13.9. The normalized spacial score (nSPS) is 13.4. The highest BCUT2D eigenvalue weighted by Crippen LogP contribution is 2.63. The molecule has 0 saturated heterocycles. The van der Waals surface area contributed by atoms with E-state index in [1.807, 2.05) is 30.3 Å². The SMILES string of the molecule is N=C(N=C(/C=C/c1ccc2cc(-c3c4ccccc4cc4c3ccc3ccccc34)ccc2c1)c1cccc2c1-c1ccccc1C21c2ccccc2-c2ccccc21)c1ccccc1. The first-order chi connectivity index (χ1) is 32.1. The number of nitrogens with zero attached hydrogens (tertiary/aromatic N) is 1. The van der Waals surface area contributed by atoms with E-state index in [1.165, 1.54) is 93.3 Å². The molecule has 2 heteroatoms. The molecule has 0 fully saturated rings. The molecule has 0 aromatic heterocycles. The molecule has 0 radical (unpaired) electrons. The molecule has 13 rings (SSSR count). The van der Waals surface area contributed by atoms with Gasteiger partial charge in [-0.05, 0) is 129 Å². The Hall–Kier alpha value is -8.46. The van der Waals surface area contributed by atoms with Gasteiger partial charge in [0, 0.05) is 11.1 Å². The van der Waals surface area contributed by atoms with E-state index in [-0.39, 0.29) is 5.84 Å². The fourth-order valence-corrected chi connectivity index (χ4v) is 11.2. The van der Waals surface area contributed by atoms with Crippen LogP contribution in [-0.4, -0.2) is 11.5 Å². The molecule has 2 nitrogen and oxygen atoms in total. The van der Waals surface area contributed by atoms with Crippen molar-refractivity contribution in [3.8, 4) is 33.4 Å². The Kier molecular flexibility index (Phi) is 8.31. The van der Waals surface area contributed by atoms with Crippen molar-refractivity contribution in [1.82, 2.24) is 0 Å². The highest BCUT2D eigenvalue weighted by Gasteiger charge is 2.52. The Balaban J connectivity index is 0.949. The molecule has 1 spiro atoms. The average Bonchev–Trinajstić information content (AvgIpc) is 3.84. The van der Waals surface area contributed by atoms with Gasteiger partial charge in [-0.1, -0.05) is 212 Å². The van der Waals surface area contributed by atoms with E-state index in [1.54, 1.807) is 0 Å². The van der Waals surface area contributed by atoms with E-state index in [2.05, 4.69) is 206 Å². The fraction of sp³-hybridized carbons (Fsp3) is 0.0159. The minimum Gasteiger partial charge on any atom is -0.282 e. The molecule has 2 aliphatic carbocycles. The van der Waals surface area contributed by atoms with Gasteiger partial charge in [0.05, 0.1) is 11.1 Å². The summed E-state index contributed by atoms with van der Waals surface area (Å²) in [6.45, 7) is 0. The van der Waals surface area contributed by atoms with E-state index >= 15 is 0 Å². The Labute approximate surface area is 377 Å². The molecule has 1 N–H and O–H groups in total. The van der Waals surface area contributed by atoms with Crippen LogP contribution in [0.25, 0.3) is 82.5 Å². The second kappa shape index (κ2) is 14.6. The van der Waals surface area contributed by atoms with Crippen LogP contribution in [0.15, 0.2) is 236 Å². The third kappa shape index (κ3) is 5.60. The summed E-state index contributed by atoms with van der Waals surface area (Å²) in [4.78, 5) is 5.18. The van der Waals surface area contributed by atoms with Crippen LogP contribution in [0.1, 0.15) is 38.9 Å². The molecule has 0 atom stereocenters. The number of fused-ring (bicyclic) bond motifs is 15. The number of hydrogen-bond acceptors (Lipinski definition) is 1. The van der Waals surface area contributed by atoms with Crippen molar-refractivity contribution in [2.24, 2.45) is 4.99 Å². The van der Waals surface area contributed by atoms with Gasteiger partial charge in [-0.15, -0.1) is 0 Å². The number of rotatable bonds is 5. The van der Waals surface area contributed by atoms with Crippen molar-refractivity contribution in [2.45, 2.75) is 5.41 Å². The van der Waals surface area contributed by atoms with Crippen LogP contribution >= 0.6 is 0 Å². The summed E-state index contributed by atoms with van der Waals surface area (Å²) in [6.07, 6.45) is 4.27. The Morgan fingerprint density at radius 3 is 1.78 bits per heavy atom. The molecule has 0 amide bonds. The highest BCUT2D eigenvalue weighted by atomic mass is 14.8. The lowest BCUT2D eigenvalue weighted by Gasteiger charge is -2.30. The largest absolute Gasteiger partial charge is 0.282 e. The Morgan fingerprint density at radius 1 is 0.400 bits per heavy atom. The van der Waals surface area contributed by atoms with Gasteiger partial charge in [-0.3, -0.25) is 5.41 Å². The monoisotopic (exact) mass is 824 g/mol. The van der Waals surface area contributed by atoms with Crippen LogP contribution in [-0.2, 0) is 5.41 Å². The minimum atomic E-state index is -0.472. The number of hydrogen-bond donors (Lipinski definition) is 1. The van der Waals surface area contributed by atoms with Crippen molar-refractivity contribution in [3.05, 3.63) is 269 Å². The van der Waals surface area contributed by atoms with Gasteiger partial charge >= 0.3 is 0 Å². The molecule has 2 aliphatic rings. The second-order valence-electron chi connectivity index (χ2n) is 17.3. The minimum absolute atomic E-state index is 0.223. The molecule has 65 heavy (non-hydrogen) atoms. The molecule has 11 aromatic carbocycles. The summed E-state index contributed by atoms with van der Waals surface area (Å²) in [5.41, 5.74) is 15.6. The van der Waals surface area contributed by atoms with Crippen molar-refractivity contribution in [3.63, 3.8) is 0 Å². The van der Waals surface area contributed by atoms with Crippen LogP contribution in [0.4, 0.5) is 0 Å². The van der Waals surface area contributed by atoms with Gasteiger partial charge in [0.15, 0.2) is 5.84 Å². The third-order valence-corrected chi connectivity index (χ3v) is 13.9. The van der Waals surface area contributed by atoms with Crippen molar-refractivity contribution < 1.29 is 0 Å². The first-order valence-electron chi connectivity index (χ1n) is 22.4. The van der Waals surface area contributed by atoms with E-state index in [0.717, 1.165) is 27.8 Å². The van der Waals surface area contributed by atoms with Gasteiger partial charge in [0.1, 0.15) is 0 Å². The zero-order chi connectivity index (χ0) is 43.1. The summed E-state index contributed by atoms with van der Waals surface area (Å²) < 4.78 is 0. The number of benzene rings is 11. The summed E-state index contributed by atoms with van der Waals surface area (Å²) in [5, 5.41) is 19.2. The van der Waals surface area contributed by atoms with Crippen LogP contribution in [0.3, 0.4) is 0 Å². The summed E-state index contributed by atoms with van der Waals surface area (Å²) >= 11 is 0. The highest BCUT2D eigenvalue weighted by molar-refractivity contribution is 6.22. The molecule has 0 bridgehead atoms. The maximum atomic E-state index is 9.31. The molecular formula is C63H40N2. The molecule has 0 heterocycles. The lowest BCUT2D eigenvalue weighted by Crippen LogP contribution is -2.25. The van der Waals surface area contributed by atoms with Gasteiger partial charge < -0.3 is 0 Å². The predicted octanol–water partition coefficient (Wildman–Crippen LogP) is 15.8. The van der Waals surface area contributed by atoms with Gasteiger partial charge in [-0.2, -0.15) is 0 Å². The molecule has 0 aliphatic heterocycles. The zero-order valence-electron chi connectivity index (χ0n) is 35.5. The van der Waals surface area contributed by atoms with Crippen molar-refractivity contribution in [1.29, 1.82) is 5.41 Å². The van der Waals surface area contributed by atoms with Crippen molar-refractivity contribution in [2.75, 3.05) is 0 Å². The number of nitrogens with one attached hydrogen (secondary N) is 1. The molecule has 0 unspecified atom stereocenters. The first kappa shape index (κ1) is 37.1. The predicted molar refractivity (Wildman–Crippen MR) is 273 cm³/mol. The molecule has 11 aromatic rings. The maximum Gasteiger partial charge on any atom is 0.152 e. The number of allylic oxidation sites excluding steroid dienone is 1. The molecule has 0 saturated carbocycles. The van der Waals surface area contributed by atoms with Crippen molar-refractivity contribution >= 4 is 60.7 Å². The summed E-state index contributed by atoms with van der Waals surface area (Å²) in [6, 6.07) is 81.1. The van der Waals surface area contributed by atoms with Crippen LogP contribution < -0.4 is 0 Å². The van der Waals surface area contributed by atoms with Crippen LogP contribution in [0.2, 0.25) is 0 Å². The molecule has 302 valence electrons. The van der Waals surface area contributed by atoms with Gasteiger partial charge in [-0.25, -0.2) is 4.99 Å². The van der Waals surface area contributed by atoms with E-state index in [0.29, 0.717) is 0 Å². The van der Waals surface area contributed by atoms with Crippen LogP contribution in [0.5, 0.6) is 0 Å². The summed E-state index contributed by atoms with van der Waals surface area (Å²) in [7, 11) is 0. The number of aliphatic imine (C=N–C) groups is 1. The smallest absolute Gasteiger partial charge is 0.152 e. The number of amidine groups is 1. The average molecular weight is 825 g/mol. The molecular weight excluding hydrogens is 785 g/mol. The lowest BCUT2D eigenvalue weighted by molar-refractivity contribution is 0.793. The quantitative estimate of drug-likeness (QED) is 0.0777. The van der Waals surface area contributed by atoms with E-state index in [4.69, 9.17) is 4.99 Å². The van der Waals surface area contributed by atoms with E-state index in [9.17, 15) is 5.41 Å². The second-order valence-corrected chi connectivity index (χ2v) is 17.3. The maximum absolute atomic E-state index is 9.31. The first-order valence-corrected chi connectivity index (χ1v) is 22.4. The van der Waals surface area contributed by atoms with E-state index < -0.39 is 5.41 Å². The van der Waals surface area contributed by atoms with Gasteiger partial charge in [0.2, 0.25) is 0 Å². The lowest BCUT2D eigenvalue weighted by atomic mass is 9.70. The topological polar surface area (TPSA) is 36.2 Å². The summed E-state index contributed by atoms with van der Waals surface area (Å²) in [5.74, 6) is 0.223. The standard InChI is InChI=1S/C63H40N2/c64-62(42-16-2-1-3-17-42)65-59(53-24-14-28-58-61(53)52-23-10-13-27-57(52)63(58)55-25-11-8-21-49(55)50-22-9-12-26-56(50)63)36-30-40-29-31-44-38-46(33-32-43(44)37-40)60-48-20-7-5-18-45(48)39-54-47-19-6-4-15-41(47)34-35-51(54)60/h1-39,64H/b36-30+,64-62?,65-59?.